The molecule has 2 rings (SSSR count). The molecule has 0 N–H and O–H groups in total. The van der Waals surface area contributed by atoms with Crippen LogP contribution in [-0.4, -0.2) is 59.8 Å². The van der Waals surface area contributed by atoms with E-state index in [0.29, 0.717) is 5.46 Å². The number of nitrogens with zero attached hydrogens (tertiary/aromatic N) is 2. The number of sulfonamides is 2. The Hall–Kier alpha value is -1.37. The third-order valence-electron chi connectivity index (χ3n) is 4.37. The SMILES string of the molecule is COc1ncc(B2OC(C)(C)C(C)(C)O2)cc1N(S(C)(=O)=O)S(C)(=O)=O. The van der Waals surface area contributed by atoms with Crippen molar-refractivity contribution in [3.63, 3.8) is 0 Å². The number of ether oxygens (including phenoxy) is 1. The first-order valence-electron chi connectivity index (χ1n) is 7.70. The normalized spacial score (nSPS) is 19.4. The topological polar surface area (TPSA) is 112 Å². The molecule has 0 aromatic carbocycles. The first kappa shape index (κ1) is 20.9. The lowest BCUT2D eigenvalue weighted by molar-refractivity contribution is 0.00578. The molecule has 0 aliphatic carbocycles. The van der Waals surface area contributed by atoms with Crippen LogP contribution in [0, 0.1) is 0 Å². The molecule has 0 atom stereocenters. The number of hydrogen-bond acceptors (Lipinski definition) is 8. The third kappa shape index (κ3) is 3.82. The molecule has 12 heteroatoms. The highest BCUT2D eigenvalue weighted by atomic mass is 32.3. The number of pyridine rings is 1. The van der Waals surface area contributed by atoms with Crippen molar-refractivity contribution in [3.8, 4) is 5.88 Å². The number of anilines is 1. The monoisotopic (exact) mass is 406 g/mol. The molecule has 1 saturated heterocycles. The van der Waals surface area contributed by atoms with Gasteiger partial charge in [-0.25, -0.2) is 21.8 Å². The molecule has 1 aliphatic heterocycles. The van der Waals surface area contributed by atoms with E-state index in [4.69, 9.17) is 14.0 Å². The molecule has 0 saturated carbocycles. The van der Waals surface area contributed by atoms with Gasteiger partial charge in [0.25, 0.3) is 0 Å². The largest absolute Gasteiger partial charge is 0.496 e. The molecule has 9 nitrogen and oxygen atoms in total. The molecule has 1 aromatic rings. The van der Waals surface area contributed by atoms with E-state index < -0.39 is 38.4 Å². The second kappa shape index (κ2) is 6.36. The highest BCUT2D eigenvalue weighted by Gasteiger charge is 2.52. The highest BCUT2D eigenvalue weighted by molar-refractivity contribution is 8.09. The van der Waals surface area contributed by atoms with Gasteiger partial charge in [0.2, 0.25) is 25.9 Å². The molecule has 0 radical (unpaired) electrons. The minimum atomic E-state index is -4.15. The molecule has 1 aromatic heterocycles. The predicted octanol–water partition coefficient (Wildman–Crippen LogP) is 0.115. The first-order chi connectivity index (χ1) is 11.6. The maximum Gasteiger partial charge on any atom is 0.496 e. The van der Waals surface area contributed by atoms with E-state index in [-0.39, 0.29) is 15.3 Å². The molecule has 2 heterocycles. The lowest BCUT2D eigenvalue weighted by Crippen LogP contribution is -2.41. The van der Waals surface area contributed by atoms with Gasteiger partial charge in [-0.05, 0) is 33.8 Å². The minimum absolute atomic E-state index is 0.152. The Morgan fingerprint density at radius 1 is 1.04 bits per heavy atom. The molecule has 0 amide bonds. The van der Waals surface area contributed by atoms with Crippen molar-refractivity contribution in [3.05, 3.63) is 12.3 Å². The Balaban J connectivity index is 2.61. The van der Waals surface area contributed by atoms with Gasteiger partial charge in [0.05, 0.1) is 30.8 Å². The molecule has 0 spiro atoms. The van der Waals surface area contributed by atoms with Crippen LogP contribution in [-0.2, 0) is 29.4 Å². The molecular formula is C14H23BN2O7S2. The van der Waals surface area contributed by atoms with E-state index in [1.807, 2.05) is 27.7 Å². The van der Waals surface area contributed by atoms with Crippen LogP contribution in [0.3, 0.4) is 0 Å². The predicted molar refractivity (Wildman–Crippen MR) is 98.7 cm³/mol. The van der Waals surface area contributed by atoms with Crippen LogP contribution in [0.5, 0.6) is 5.88 Å². The molecule has 0 unspecified atom stereocenters. The van der Waals surface area contributed by atoms with Crippen LogP contribution in [0.15, 0.2) is 12.3 Å². The lowest BCUT2D eigenvalue weighted by Gasteiger charge is -2.32. The zero-order chi connectivity index (χ0) is 20.1. The van der Waals surface area contributed by atoms with Crippen molar-refractivity contribution in [1.82, 2.24) is 4.98 Å². The summed E-state index contributed by atoms with van der Waals surface area (Å²) in [5.74, 6) is -0.152. The van der Waals surface area contributed by atoms with Crippen LogP contribution >= 0.6 is 0 Å². The summed E-state index contributed by atoms with van der Waals surface area (Å²) in [6.07, 6.45) is 2.97. The summed E-state index contributed by atoms with van der Waals surface area (Å²) in [5.41, 5.74) is -1.10. The van der Waals surface area contributed by atoms with Gasteiger partial charge in [0.15, 0.2) is 0 Å². The zero-order valence-electron chi connectivity index (χ0n) is 15.8. The molecule has 0 bridgehead atoms. The second-order valence-electron chi connectivity index (χ2n) is 7.11. The minimum Gasteiger partial charge on any atom is -0.479 e. The Morgan fingerprint density at radius 2 is 1.50 bits per heavy atom. The summed E-state index contributed by atoms with van der Waals surface area (Å²) in [6, 6.07) is 1.33. The lowest BCUT2D eigenvalue weighted by atomic mass is 9.80. The van der Waals surface area contributed by atoms with Crippen molar-refractivity contribution in [2.75, 3.05) is 23.3 Å². The quantitative estimate of drug-likeness (QED) is 0.634. The van der Waals surface area contributed by atoms with E-state index in [1.165, 1.54) is 19.4 Å². The Morgan fingerprint density at radius 3 is 1.88 bits per heavy atom. The number of aromatic nitrogens is 1. The van der Waals surface area contributed by atoms with Crippen molar-refractivity contribution < 1.29 is 30.9 Å². The van der Waals surface area contributed by atoms with Gasteiger partial charge in [-0.3, -0.25) is 0 Å². The molecule has 1 aliphatic rings. The zero-order valence-corrected chi connectivity index (χ0v) is 17.4. The highest BCUT2D eigenvalue weighted by Crippen LogP contribution is 2.37. The third-order valence-corrected chi connectivity index (χ3v) is 7.59. The van der Waals surface area contributed by atoms with Crippen molar-refractivity contribution in [2.24, 2.45) is 0 Å². The van der Waals surface area contributed by atoms with Crippen molar-refractivity contribution in [1.29, 1.82) is 0 Å². The number of hydrogen-bond donors (Lipinski definition) is 0. The molecule has 26 heavy (non-hydrogen) atoms. The van der Waals surface area contributed by atoms with Crippen LogP contribution in [0.4, 0.5) is 5.69 Å². The van der Waals surface area contributed by atoms with E-state index >= 15 is 0 Å². The summed E-state index contributed by atoms with van der Waals surface area (Å²) in [7, 11) is -7.87. The maximum atomic E-state index is 12.1. The fourth-order valence-corrected chi connectivity index (χ4v) is 5.40. The van der Waals surface area contributed by atoms with E-state index in [2.05, 4.69) is 4.98 Å². The second-order valence-corrected chi connectivity index (χ2v) is 11.0. The fraction of sp³-hybridized carbons (Fsp3) is 0.643. The Labute approximate surface area is 154 Å². The van der Waals surface area contributed by atoms with Crippen LogP contribution in [0.2, 0.25) is 0 Å². The Kier molecular flexibility index (Phi) is 5.12. The van der Waals surface area contributed by atoms with Crippen LogP contribution < -0.4 is 13.9 Å². The first-order valence-corrected chi connectivity index (χ1v) is 11.4. The van der Waals surface area contributed by atoms with E-state index in [1.54, 1.807) is 0 Å². The summed E-state index contributed by atoms with van der Waals surface area (Å²) >= 11 is 0. The average molecular weight is 406 g/mol. The summed E-state index contributed by atoms with van der Waals surface area (Å²) in [4.78, 5) is 4.03. The molecular weight excluding hydrogens is 383 g/mol. The van der Waals surface area contributed by atoms with E-state index in [9.17, 15) is 16.8 Å². The molecule has 1 fully saturated rings. The summed E-state index contributed by atoms with van der Waals surface area (Å²) in [5, 5.41) is 0. The van der Waals surface area contributed by atoms with Gasteiger partial charge >= 0.3 is 7.12 Å². The van der Waals surface area contributed by atoms with Crippen molar-refractivity contribution >= 4 is 38.3 Å². The smallest absolute Gasteiger partial charge is 0.479 e. The van der Waals surface area contributed by atoms with Crippen molar-refractivity contribution in [2.45, 2.75) is 38.9 Å². The van der Waals surface area contributed by atoms with E-state index in [0.717, 1.165) is 12.5 Å². The average Bonchev–Trinajstić information content (AvgIpc) is 2.64. The van der Waals surface area contributed by atoms with Gasteiger partial charge in [-0.15, -0.1) is 0 Å². The number of methoxy groups -OCH3 is 1. The van der Waals surface area contributed by atoms with Gasteiger partial charge in [0, 0.05) is 11.7 Å². The fourth-order valence-electron chi connectivity index (χ4n) is 2.46. The van der Waals surface area contributed by atoms with Gasteiger partial charge < -0.3 is 14.0 Å². The van der Waals surface area contributed by atoms with Gasteiger partial charge in [-0.2, -0.15) is 3.71 Å². The maximum absolute atomic E-state index is 12.1. The standard InChI is InChI=1S/C14H23BN2O7S2/c1-13(2)14(3,4)24-15(23-13)10-8-11(12(22-5)16-9-10)17(25(6,18)19)26(7,20)21/h8-9H,1-7H3. The van der Waals surface area contributed by atoms with Gasteiger partial charge in [0.1, 0.15) is 5.69 Å². The molecule has 146 valence electrons. The van der Waals surface area contributed by atoms with Crippen LogP contribution in [0.1, 0.15) is 27.7 Å². The van der Waals surface area contributed by atoms with Crippen LogP contribution in [0.25, 0.3) is 0 Å². The van der Waals surface area contributed by atoms with Gasteiger partial charge in [-0.1, -0.05) is 0 Å². The number of rotatable bonds is 5. The Bertz CT molecular complexity index is 865. The summed E-state index contributed by atoms with van der Waals surface area (Å²) in [6.45, 7) is 7.46. The summed E-state index contributed by atoms with van der Waals surface area (Å²) < 4.78 is 65.5.